The van der Waals surface area contributed by atoms with Crippen LogP contribution in [0.15, 0.2) is 36.4 Å². The summed E-state index contributed by atoms with van der Waals surface area (Å²) in [5.41, 5.74) is 24.1. The monoisotopic (exact) mass is 314 g/mol. The van der Waals surface area contributed by atoms with E-state index in [9.17, 15) is 0 Å². The van der Waals surface area contributed by atoms with Crippen LogP contribution in [0, 0.1) is 10.8 Å². The summed E-state index contributed by atoms with van der Waals surface area (Å²) >= 11 is 0. The van der Waals surface area contributed by atoms with Crippen molar-refractivity contribution in [2.75, 3.05) is 18.3 Å². The first kappa shape index (κ1) is 16.0. The number of amidine groups is 2. The summed E-state index contributed by atoms with van der Waals surface area (Å²) in [6.45, 7) is -0.104. The highest BCUT2D eigenvalue weighted by atomic mass is 16.7. The van der Waals surface area contributed by atoms with Crippen molar-refractivity contribution in [2.45, 2.75) is 0 Å². The predicted molar refractivity (Wildman–Crippen MR) is 89.9 cm³/mol. The second kappa shape index (κ2) is 6.56. The fourth-order valence-corrected chi connectivity index (χ4v) is 1.85. The van der Waals surface area contributed by atoms with Gasteiger partial charge in [-0.2, -0.15) is 0 Å². The zero-order valence-corrected chi connectivity index (χ0v) is 12.3. The normalized spacial score (nSPS) is 10.1. The van der Waals surface area contributed by atoms with Crippen LogP contribution in [-0.2, 0) is 0 Å². The fraction of sp³-hybridized carbons (Fsp3) is 0.0667. The summed E-state index contributed by atoms with van der Waals surface area (Å²) in [7, 11) is 0. The van der Waals surface area contributed by atoms with E-state index in [0.29, 0.717) is 34.0 Å². The molecule has 0 saturated heterocycles. The summed E-state index contributed by atoms with van der Waals surface area (Å²) in [5, 5.41) is 14.7. The van der Waals surface area contributed by atoms with Crippen LogP contribution in [0.4, 0.5) is 11.4 Å². The highest BCUT2D eigenvalue weighted by Gasteiger charge is 2.06. The molecule has 0 aliphatic rings. The fourth-order valence-electron chi connectivity index (χ4n) is 1.85. The minimum Gasteiger partial charge on any atom is -0.455 e. The van der Waals surface area contributed by atoms with Gasteiger partial charge in [-0.3, -0.25) is 10.8 Å². The first-order valence-corrected chi connectivity index (χ1v) is 6.62. The Morgan fingerprint density at radius 1 is 0.783 bits per heavy atom. The minimum atomic E-state index is -0.104. The van der Waals surface area contributed by atoms with E-state index in [-0.39, 0.29) is 18.5 Å². The Kier molecular flexibility index (Phi) is 4.55. The Bertz CT molecular complexity index is 696. The van der Waals surface area contributed by atoms with Crippen LogP contribution >= 0.6 is 0 Å². The molecule has 0 atom stereocenters. The van der Waals surface area contributed by atoms with Crippen LogP contribution in [0.2, 0.25) is 0 Å². The summed E-state index contributed by atoms with van der Waals surface area (Å²) in [6.07, 6.45) is 0. The maximum Gasteiger partial charge on any atom is 0.231 e. The van der Waals surface area contributed by atoms with Gasteiger partial charge in [-0.25, -0.2) is 0 Å². The van der Waals surface area contributed by atoms with Gasteiger partial charge >= 0.3 is 0 Å². The van der Waals surface area contributed by atoms with E-state index in [1.165, 1.54) is 0 Å². The Morgan fingerprint density at radius 3 is 1.48 bits per heavy atom. The Hall–Kier alpha value is -3.42. The highest BCUT2D eigenvalue weighted by Crippen LogP contribution is 2.25. The van der Waals surface area contributed by atoms with Crippen molar-refractivity contribution < 1.29 is 9.47 Å². The summed E-state index contributed by atoms with van der Waals surface area (Å²) in [5.74, 6) is 0.679. The van der Waals surface area contributed by atoms with Gasteiger partial charge in [0.1, 0.15) is 23.2 Å². The first-order valence-electron chi connectivity index (χ1n) is 6.62. The quantitative estimate of drug-likeness (QED) is 0.199. The van der Waals surface area contributed by atoms with Gasteiger partial charge in [-0.1, -0.05) is 0 Å². The van der Waals surface area contributed by atoms with E-state index in [2.05, 4.69) is 0 Å². The zero-order chi connectivity index (χ0) is 17.0. The van der Waals surface area contributed by atoms with Crippen LogP contribution in [0.25, 0.3) is 0 Å². The van der Waals surface area contributed by atoms with Crippen LogP contribution < -0.4 is 32.4 Å². The van der Waals surface area contributed by atoms with Crippen molar-refractivity contribution in [3.8, 4) is 11.5 Å². The molecule has 0 heterocycles. The molecule has 0 unspecified atom stereocenters. The minimum absolute atomic E-state index is 0.0714. The zero-order valence-electron chi connectivity index (χ0n) is 12.3. The van der Waals surface area contributed by atoms with Gasteiger partial charge < -0.3 is 32.4 Å². The van der Waals surface area contributed by atoms with Gasteiger partial charge in [0.15, 0.2) is 0 Å². The highest BCUT2D eigenvalue weighted by molar-refractivity contribution is 5.96. The second-order valence-corrected chi connectivity index (χ2v) is 4.74. The molecule has 23 heavy (non-hydrogen) atoms. The molecule has 120 valence electrons. The molecular weight excluding hydrogens is 296 g/mol. The van der Waals surface area contributed by atoms with E-state index in [0.717, 1.165) is 0 Å². The first-order chi connectivity index (χ1) is 10.9. The molecule has 10 N–H and O–H groups in total. The number of nitrogen functional groups attached to an aromatic ring is 4. The summed E-state index contributed by atoms with van der Waals surface area (Å²) in [6, 6.07) is 9.57. The van der Waals surface area contributed by atoms with Crippen molar-refractivity contribution in [1.82, 2.24) is 0 Å². The maximum absolute atomic E-state index is 7.34. The largest absolute Gasteiger partial charge is 0.455 e. The number of hydrogen-bond acceptors (Lipinski definition) is 6. The van der Waals surface area contributed by atoms with Gasteiger partial charge in [0, 0.05) is 11.1 Å². The van der Waals surface area contributed by atoms with E-state index < -0.39 is 0 Å². The molecule has 0 amide bonds. The third-order valence-electron chi connectivity index (χ3n) is 3.07. The van der Waals surface area contributed by atoms with Crippen LogP contribution in [0.5, 0.6) is 11.5 Å². The predicted octanol–water partition coefficient (Wildman–Crippen LogP) is 0.834. The van der Waals surface area contributed by atoms with E-state index in [4.69, 9.17) is 43.2 Å². The molecule has 0 bridgehead atoms. The lowest BCUT2D eigenvalue weighted by atomic mass is 10.2. The molecule has 2 rings (SSSR count). The number of rotatable bonds is 6. The number of anilines is 2. The average molecular weight is 314 g/mol. The topological polar surface area (TPSA) is 170 Å². The van der Waals surface area contributed by atoms with Crippen molar-refractivity contribution in [3.63, 3.8) is 0 Å². The SMILES string of the molecule is N=C(N)c1ccc(OCOc2ccc(C(=N)N)cc2N)c(N)c1. The molecule has 0 aliphatic carbocycles. The van der Waals surface area contributed by atoms with Gasteiger partial charge in [0.25, 0.3) is 0 Å². The van der Waals surface area contributed by atoms with Gasteiger partial charge in [-0.15, -0.1) is 0 Å². The summed E-state index contributed by atoms with van der Waals surface area (Å²) in [4.78, 5) is 0. The van der Waals surface area contributed by atoms with Gasteiger partial charge in [-0.05, 0) is 36.4 Å². The smallest absolute Gasteiger partial charge is 0.231 e. The Morgan fingerprint density at radius 2 is 1.17 bits per heavy atom. The third kappa shape index (κ3) is 3.82. The number of benzene rings is 2. The molecule has 8 nitrogen and oxygen atoms in total. The van der Waals surface area contributed by atoms with E-state index in [1.807, 2.05) is 0 Å². The molecular formula is C15H18N6O2. The van der Waals surface area contributed by atoms with Crippen LogP contribution in [0.1, 0.15) is 11.1 Å². The molecule has 0 spiro atoms. The molecule has 0 aromatic heterocycles. The summed E-state index contributed by atoms with van der Waals surface area (Å²) < 4.78 is 10.9. The molecule has 0 fully saturated rings. The Labute approximate surface area is 133 Å². The maximum atomic E-state index is 7.34. The lowest BCUT2D eigenvalue weighted by Crippen LogP contribution is -2.13. The standard InChI is InChI=1S/C15H18N6O2/c16-10-5-8(14(18)19)1-3-12(10)22-7-23-13-4-2-9(15(20)21)6-11(13)17/h1-6H,7,16-17H2,(H3,18,19)(H3,20,21). The second-order valence-electron chi connectivity index (χ2n) is 4.74. The number of nitrogens with two attached hydrogens (primary N) is 4. The lowest BCUT2D eigenvalue weighted by molar-refractivity contribution is 0.121. The molecule has 0 radical (unpaired) electrons. The lowest BCUT2D eigenvalue weighted by Gasteiger charge is -2.13. The molecule has 2 aromatic rings. The number of hydrogen-bond donors (Lipinski definition) is 6. The average Bonchev–Trinajstić information content (AvgIpc) is 2.49. The van der Waals surface area contributed by atoms with Crippen molar-refractivity contribution in [2.24, 2.45) is 11.5 Å². The van der Waals surface area contributed by atoms with E-state index in [1.54, 1.807) is 36.4 Å². The van der Waals surface area contributed by atoms with Crippen molar-refractivity contribution >= 4 is 23.0 Å². The van der Waals surface area contributed by atoms with Gasteiger partial charge in [0.05, 0.1) is 11.4 Å². The Balaban J connectivity index is 2.00. The third-order valence-corrected chi connectivity index (χ3v) is 3.07. The van der Waals surface area contributed by atoms with Crippen molar-refractivity contribution in [1.29, 1.82) is 10.8 Å². The van der Waals surface area contributed by atoms with Crippen molar-refractivity contribution in [3.05, 3.63) is 47.5 Å². The number of ether oxygens (including phenoxy) is 2. The number of nitrogens with one attached hydrogen (secondary N) is 2. The molecule has 0 saturated carbocycles. The van der Waals surface area contributed by atoms with Gasteiger partial charge in [0.2, 0.25) is 6.79 Å². The van der Waals surface area contributed by atoms with Crippen LogP contribution in [0.3, 0.4) is 0 Å². The molecule has 8 heteroatoms. The van der Waals surface area contributed by atoms with Crippen LogP contribution in [-0.4, -0.2) is 18.5 Å². The molecule has 0 aliphatic heterocycles. The molecule has 2 aromatic carbocycles. The van der Waals surface area contributed by atoms with E-state index >= 15 is 0 Å².